The normalized spacial score (nSPS) is 18.3. The van der Waals surface area contributed by atoms with Crippen LogP contribution in [0.15, 0.2) is 0 Å². The van der Waals surface area contributed by atoms with Crippen molar-refractivity contribution in [2.45, 2.75) is 38.3 Å². The summed E-state index contributed by atoms with van der Waals surface area (Å²) in [6, 6.07) is 0.466. The first kappa shape index (κ1) is 10.5. The van der Waals surface area contributed by atoms with Crippen LogP contribution < -0.4 is 10.6 Å². The summed E-state index contributed by atoms with van der Waals surface area (Å²) in [6.45, 7) is 2.34. The predicted molar refractivity (Wildman–Crippen MR) is 50.3 cm³/mol. The highest BCUT2D eigenvalue weighted by molar-refractivity contribution is 5.78. The van der Waals surface area contributed by atoms with E-state index in [2.05, 4.69) is 10.6 Å². The van der Waals surface area contributed by atoms with E-state index in [0.29, 0.717) is 12.6 Å². The molecular formula is C9H18N2O2. The van der Waals surface area contributed by atoms with Crippen molar-refractivity contribution in [3.05, 3.63) is 0 Å². The van der Waals surface area contributed by atoms with Gasteiger partial charge in [0, 0.05) is 6.04 Å². The van der Waals surface area contributed by atoms with Gasteiger partial charge in [-0.3, -0.25) is 4.79 Å². The average molecular weight is 186 g/mol. The second kappa shape index (κ2) is 5.19. The monoisotopic (exact) mass is 186 g/mol. The van der Waals surface area contributed by atoms with Gasteiger partial charge in [-0.25, -0.2) is 0 Å². The first-order chi connectivity index (χ1) is 6.26. The Bertz CT molecular complexity index is 165. The maximum atomic E-state index is 11.2. The average Bonchev–Trinajstić information content (AvgIpc) is 2.94. The number of carbonyl (C=O) groups is 1. The van der Waals surface area contributed by atoms with Crippen LogP contribution in [0.5, 0.6) is 0 Å². The zero-order valence-electron chi connectivity index (χ0n) is 8.05. The fraction of sp³-hybridized carbons (Fsp3) is 0.889. The zero-order chi connectivity index (χ0) is 9.68. The Kier molecular flexibility index (Phi) is 4.18. The van der Waals surface area contributed by atoms with E-state index in [-0.39, 0.29) is 18.6 Å². The second-order valence-corrected chi connectivity index (χ2v) is 3.51. The SMILES string of the molecule is CC[C@@H](CO)NC(=O)CNC1CC1. The molecule has 1 atom stereocenters. The van der Waals surface area contributed by atoms with Gasteiger partial charge in [0.05, 0.1) is 19.2 Å². The van der Waals surface area contributed by atoms with Crippen molar-refractivity contribution in [3.8, 4) is 0 Å². The van der Waals surface area contributed by atoms with Gasteiger partial charge in [-0.1, -0.05) is 6.92 Å². The Morgan fingerprint density at radius 3 is 2.77 bits per heavy atom. The molecule has 0 bridgehead atoms. The number of aliphatic hydroxyl groups excluding tert-OH is 1. The van der Waals surface area contributed by atoms with E-state index in [9.17, 15) is 4.79 Å². The lowest BCUT2D eigenvalue weighted by Gasteiger charge is -2.13. The smallest absolute Gasteiger partial charge is 0.234 e. The minimum atomic E-state index is -0.0893. The molecule has 0 aromatic heterocycles. The summed E-state index contributed by atoms with van der Waals surface area (Å²) >= 11 is 0. The van der Waals surface area contributed by atoms with Gasteiger partial charge in [-0.2, -0.15) is 0 Å². The van der Waals surface area contributed by atoms with Gasteiger partial charge >= 0.3 is 0 Å². The predicted octanol–water partition coefficient (Wildman–Crippen LogP) is -0.374. The zero-order valence-corrected chi connectivity index (χ0v) is 8.05. The molecule has 1 aliphatic carbocycles. The van der Waals surface area contributed by atoms with Crippen LogP contribution in [0.3, 0.4) is 0 Å². The third kappa shape index (κ3) is 4.24. The van der Waals surface area contributed by atoms with Crippen LogP contribution in [0.4, 0.5) is 0 Å². The van der Waals surface area contributed by atoms with Crippen molar-refractivity contribution >= 4 is 5.91 Å². The summed E-state index contributed by atoms with van der Waals surface area (Å²) < 4.78 is 0. The maximum absolute atomic E-state index is 11.2. The maximum Gasteiger partial charge on any atom is 0.234 e. The van der Waals surface area contributed by atoms with E-state index in [4.69, 9.17) is 5.11 Å². The van der Waals surface area contributed by atoms with Crippen molar-refractivity contribution < 1.29 is 9.90 Å². The Morgan fingerprint density at radius 1 is 1.62 bits per heavy atom. The van der Waals surface area contributed by atoms with E-state index >= 15 is 0 Å². The molecular weight excluding hydrogens is 168 g/mol. The molecule has 0 unspecified atom stereocenters. The number of rotatable bonds is 6. The molecule has 0 heterocycles. The van der Waals surface area contributed by atoms with Crippen LogP contribution in [0.1, 0.15) is 26.2 Å². The third-order valence-electron chi connectivity index (χ3n) is 2.21. The largest absolute Gasteiger partial charge is 0.394 e. The minimum absolute atomic E-state index is 0.0195. The molecule has 0 aliphatic heterocycles. The molecule has 3 N–H and O–H groups in total. The van der Waals surface area contributed by atoms with Crippen LogP contribution in [-0.4, -0.2) is 36.2 Å². The first-order valence-electron chi connectivity index (χ1n) is 4.89. The highest BCUT2D eigenvalue weighted by atomic mass is 16.3. The van der Waals surface area contributed by atoms with Gasteiger partial charge in [-0.05, 0) is 19.3 Å². The van der Waals surface area contributed by atoms with E-state index in [1.807, 2.05) is 6.92 Å². The van der Waals surface area contributed by atoms with Crippen molar-refractivity contribution in [3.63, 3.8) is 0 Å². The molecule has 1 saturated carbocycles. The van der Waals surface area contributed by atoms with Crippen LogP contribution in [-0.2, 0) is 4.79 Å². The van der Waals surface area contributed by atoms with Crippen molar-refractivity contribution in [1.29, 1.82) is 0 Å². The molecule has 0 radical (unpaired) electrons. The summed E-state index contributed by atoms with van der Waals surface area (Å²) in [5, 5.41) is 14.7. The molecule has 1 aliphatic rings. The van der Waals surface area contributed by atoms with Gasteiger partial charge in [0.15, 0.2) is 0 Å². The van der Waals surface area contributed by atoms with E-state index in [0.717, 1.165) is 6.42 Å². The Morgan fingerprint density at radius 2 is 2.31 bits per heavy atom. The number of aliphatic hydroxyl groups is 1. The van der Waals surface area contributed by atoms with Crippen LogP contribution >= 0.6 is 0 Å². The topological polar surface area (TPSA) is 61.4 Å². The summed E-state index contributed by atoms with van der Waals surface area (Å²) in [7, 11) is 0. The molecule has 1 fully saturated rings. The molecule has 76 valence electrons. The van der Waals surface area contributed by atoms with Gasteiger partial charge < -0.3 is 15.7 Å². The highest BCUT2D eigenvalue weighted by Crippen LogP contribution is 2.17. The number of hydrogen-bond acceptors (Lipinski definition) is 3. The van der Waals surface area contributed by atoms with Crippen molar-refractivity contribution in [2.24, 2.45) is 0 Å². The lowest BCUT2D eigenvalue weighted by Crippen LogP contribution is -2.42. The number of nitrogens with one attached hydrogen (secondary N) is 2. The minimum Gasteiger partial charge on any atom is -0.394 e. The Labute approximate surface area is 78.7 Å². The van der Waals surface area contributed by atoms with Gasteiger partial charge in [0.1, 0.15) is 0 Å². The Balaban J connectivity index is 2.07. The standard InChI is InChI=1S/C9H18N2O2/c1-2-7(6-12)11-9(13)5-10-8-3-4-8/h7-8,10,12H,2-6H2,1H3,(H,11,13)/t7-/m0/s1. The summed E-state index contributed by atoms with van der Waals surface area (Å²) in [5.41, 5.74) is 0. The fourth-order valence-corrected chi connectivity index (χ4v) is 1.08. The van der Waals surface area contributed by atoms with E-state index in [1.54, 1.807) is 0 Å². The van der Waals surface area contributed by atoms with E-state index < -0.39 is 0 Å². The lowest BCUT2D eigenvalue weighted by atomic mass is 10.2. The quantitative estimate of drug-likeness (QED) is 0.530. The van der Waals surface area contributed by atoms with E-state index in [1.165, 1.54) is 12.8 Å². The van der Waals surface area contributed by atoms with Crippen molar-refractivity contribution in [1.82, 2.24) is 10.6 Å². The molecule has 0 aromatic rings. The highest BCUT2D eigenvalue weighted by Gasteiger charge is 2.21. The molecule has 0 spiro atoms. The van der Waals surface area contributed by atoms with Gasteiger partial charge in [0.2, 0.25) is 5.91 Å². The third-order valence-corrected chi connectivity index (χ3v) is 2.21. The molecule has 0 aromatic carbocycles. The second-order valence-electron chi connectivity index (χ2n) is 3.51. The van der Waals surface area contributed by atoms with Crippen LogP contribution in [0, 0.1) is 0 Å². The molecule has 13 heavy (non-hydrogen) atoms. The Hall–Kier alpha value is -0.610. The lowest BCUT2D eigenvalue weighted by molar-refractivity contribution is -0.121. The number of hydrogen-bond donors (Lipinski definition) is 3. The number of carbonyl (C=O) groups excluding carboxylic acids is 1. The molecule has 1 rings (SSSR count). The number of amides is 1. The fourth-order valence-electron chi connectivity index (χ4n) is 1.08. The summed E-state index contributed by atoms with van der Waals surface area (Å²) in [5.74, 6) is -0.0206. The summed E-state index contributed by atoms with van der Waals surface area (Å²) in [4.78, 5) is 11.2. The molecule has 0 saturated heterocycles. The van der Waals surface area contributed by atoms with Gasteiger partial charge in [-0.15, -0.1) is 0 Å². The molecule has 4 heteroatoms. The van der Waals surface area contributed by atoms with Gasteiger partial charge in [0.25, 0.3) is 0 Å². The molecule has 1 amide bonds. The van der Waals surface area contributed by atoms with Crippen LogP contribution in [0.25, 0.3) is 0 Å². The summed E-state index contributed by atoms with van der Waals surface area (Å²) in [6.07, 6.45) is 3.14. The van der Waals surface area contributed by atoms with Crippen LogP contribution in [0.2, 0.25) is 0 Å². The molecule has 4 nitrogen and oxygen atoms in total. The first-order valence-corrected chi connectivity index (χ1v) is 4.89. The van der Waals surface area contributed by atoms with Crippen molar-refractivity contribution in [2.75, 3.05) is 13.2 Å².